The molecule has 0 saturated carbocycles. The van der Waals surface area contributed by atoms with Gasteiger partial charge in [0.15, 0.2) is 0 Å². The van der Waals surface area contributed by atoms with Crippen LogP contribution < -0.4 is 0 Å². The summed E-state index contributed by atoms with van der Waals surface area (Å²) in [5, 5.41) is 0. The molecule has 3 nitrogen and oxygen atoms in total. The van der Waals surface area contributed by atoms with Gasteiger partial charge in [0.1, 0.15) is 5.69 Å². The van der Waals surface area contributed by atoms with Crippen molar-refractivity contribution in [3.8, 4) is 0 Å². The predicted molar refractivity (Wildman–Crippen MR) is 96.9 cm³/mol. The van der Waals surface area contributed by atoms with Gasteiger partial charge in [-0.05, 0) is 31.9 Å². The van der Waals surface area contributed by atoms with Crippen molar-refractivity contribution in [1.82, 2.24) is 4.98 Å². The molecule has 0 aliphatic heterocycles. The van der Waals surface area contributed by atoms with Gasteiger partial charge in [0.2, 0.25) is 0 Å². The second-order valence-corrected chi connectivity index (χ2v) is 6.40. The summed E-state index contributed by atoms with van der Waals surface area (Å²) in [5.41, 5.74) is 1.72. The van der Waals surface area contributed by atoms with Crippen LogP contribution in [0.2, 0.25) is 0 Å². The first-order chi connectivity index (χ1) is 11.3. The first kappa shape index (κ1) is 19.8. The molecule has 0 atom stereocenters. The van der Waals surface area contributed by atoms with Crippen molar-refractivity contribution >= 4 is 5.97 Å². The molecule has 0 spiro atoms. The Bertz CT molecular complexity index is 412. The molecule has 1 aromatic rings. The minimum absolute atomic E-state index is 0.252. The standard InChI is InChI=1S/C20H35NO2/c1-3-5-6-7-8-9-10-11-12-13-14-15-18-16-17-19(21-18)20(22)23-4-2/h16-17,21H,3-15H2,1-2H3. The van der Waals surface area contributed by atoms with Crippen molar-refractivity contribution in [3.05, 3.63) is 23.5 Å². The third-order valence-electron chi connectivity index (χ3n) is 4.29. The van der Waals surface area contributed by atoms with Crippen molar-refractivity contribution in [2.75, 3.05) is 6.61 Å². The highest BCUT2D eigenvalue weighted by Crippen LogP contribution is 2.13. The number of unbranched alkanes of at least 4 members (excludes halogenated alkanes) is 10. The number of aromatic nitrogens is 1. The van der Waals surface area contributed by atoms with Crippen LogP contribution in [-0.2, 0) is 11.2 Å². The Kier molecular flexibility index (Phi) is 11.4. The minimum Gasteiger partial charge on any atom is -0.461 e. The third-order valence-corrected chi connectivity index (χ3v) is 4.29. The van der Waals surface area contributed by atoms with E-state index in [0.29, 0.717) is 12.3 Å². The van der Waals surface area contributed by atoms with Crippen LogP contribution in [0.5, 0.6) is 0 Å². The molecule has 0 aliphatic carbocycles. The van der Waals surface area contributed by atoms with Gasteiger partial charge in [-0.1, -0.05) is 71.1 Å². The molecular formula is C20H35NO2. The topological polar surface area (TPSA) is 42.1 Å². The summed E-state index contributed by atoms with van der Waals surface area (Å²) < 4.78 is 4.98. The van der Waals surface area contributed by atoms with Crippen molar-refractivity contribution in [3.63, 3.8) is 0 Å². The molecule has 0 aromatic carbocycles. The Morgan fingerprint density at radius 2 is 1.43 bits per heavy atom. The fourth-order valence-electron chi connectivity index (χ4n) is 2.89. The van der Waals surface area contributed by atoms with Gasteiger partial charge >= 0.3 is 5.97 Å². The summed E-state index contributed by atoms with van der Waals surface area (Å²) in [6.45, 7) is 4.52. The second-order valence-electron chi connectivity index (χ2n) is 6.40. The maximum absolute atomic E-state index is 11.6. The van der Waals surface area contributed by atoms with Crippen LogP contribution in [-0.4, -0.2) is 17.6 Å². The van der Waals surface area contributed by atoms with Crippen molar-refractivity contribution in [2.24, 2.45) is 0 Å². The zero-order chi connectivity index (χ0) is 16.8. The van der Waals surface area contributed by atoms with E-state index >= 15 is 0 Å². The fourth-order valence-corrected chi connectivity index (χ4v) is 2.89. The Labute approximate surface area is 142 Å². The summed E-state index contributed by atoms with van der Waals surface area (Å²) in [7, 11) is 0. The lowest BCUT2D eigenvalue weighted by Crippen LogP contribution is -2.05. The molecule has 1 aromatic heterocycles. The highest BCUT2D eigenvalue weighted by atomic mass is 16.5. The zero-order valence-corrected chi connectivity index (χ0v) is 15.2. The smallest absolute Gasteiger partial charge is 0.354 e. The molecule has 3 heteroatoms. The fraction of sp³-hybridized carbons (Fsp3) is 0.750. The number of ether oxygens (including phenoxy) is 1. The number of nitrogens with one attached hydrogen (secondary N) is 1. The molecule has 0 unspecified atom stereocenters. The average molecular weight is 322 g/mol. The monoisotopic (exact) mass is 321 g/mol. The first-order valence-corrected chi connectivity index (χ1v) is 9.63. The molecule has 23 heavy (non-hydrogen) atoms. The van der Waals surface area contributed by atoms with Crippen LogP contribution in [0.4, 0.5) is 0 Å². The molecule has 1 rings (SSSR count). The second kappa shape index (κ2) is 13.2. The predicted octanol–water partition coefficient (Wildman–Crippen LogP) is 6.04. The van der Waals surface area contributed by atoms with Crippen molar-refractivity contribution in [1.29, 1.82) is 0 Å². The summed E-state index contributed by atoms with van der Waals surface area (Å²) >= 11 is 0. The molecule has 0 aliphatic rings. The summed E-state index contributed by atoms with van der Waals surface area (Å²) in [6.07, 6.45) is 16.0. The number of hydrogen-bond donors (Lipinski definition) is 1. The van der Waals surface area contributed by atoms with E-state index < -0.39 is 0 Å². The average Bonchev–Trinajstić information content (AvgIpc) is 3.02. The lowest BCUT2D eigenvalue weighted by molar-refractivity contribution is 0.0520. The van der Waals surface area contributed by atoms with Gasteiger partial charge in [-0.2, -0.15) is 0 Å². The van der Waals surface area contributed by atoms with Crippen LogP contribution >= 0.6 is 0 Å². The number of rotatable bonds is 14. The number of esters is 1. The van der Waals surface area contributed by atoms with E-state index in [0.717, 1.165) is 12.1 Å². The SMILES string of the molecule is CCCCCCCCCCCCCc1ccc(C(=O)OCC)[nH]1. The van der Waals surface area contributed by atoms with Gasteiger partial charge in [0.05, 0.1) is 6.61 Å². The zero-order valence-electron chi connectivity index (χ0n) is 15.2. The number of carbonyl (C=O) groups excluding carboxylic acids is 1. The lowest BCUT2D eigenvalue weighted by atomic mass is 10.0. The third kappa shape index (κ3) is 9.47. The molecule has 0 radical (unpaired) electrons. The highest BCUT2D eigenvalue weighted by molar-refractivity contribution is 5.87. The first-order valence-electron chi connectivity index (χ1n) is 9.63. The van der Waals surface area contributed by atoms with Crippen LogP contribution in [0.3, 0.4) is 0 Å². The van der Waals surface area contributed by atoms with E-state index in [1.165, 1.54) is 70.6 Å². The van der Waals surface area contributed by atoms with Crippen molar-refractivity contribution in [2.45, 2.75) is 90.9 Å². The lowest BCUT2D eigenvalue weighted by Gasteiger charge is -2.02. The normalized spacial score (nSPS) is 10.9. The molecule has 0 saturated heterocycles. The van der Waals surface area contributed by atoms with Gasteiger partial charge in [-0.3, -0.25) is 0 Å². The molecule has 0 fully saturated rings. The molecule has 1 N–H and O–H groups in total. The molecule has 132 valence electrons. The van der Waals surface area contributed by atoms with Gasteiger partial charge < -0.3 is 9.72 Å². The number of hydrogen-bond acceptors (Lipinski definition) is 2. The number of aryl methyl sites for hydroxylation is 1. The van der Waals surface area contributed by atoms with Crippen LogP contribution in [0, 0.1) is 0 Å². The maximum Gasteiger partial charge on any atom is 0.354 e. The van der Waals surface area contributed by atoms with Gasteiger partial charge in [-0.25, -0.2) is 4.79 Å². The van der Waals surface area contributed by atoms with Gasteiger partial charge in [0, 0.05) is 5.69 Å². The van der Waals surface area contributed by atoms with Crippen LogP contribution in [0.15, 0.2) is 12.1 Å². The largest absolute Gasteiger partial charge is 0.461 e. The van der Waals surface area contributed by atoms with Crippen molar-refractivity contribution < 1.29 is 9.53 Å². The van der Waals surface area contributed by atoms with Crippen LogP contribution in [0.1, 0.15) is 101 Å². The number of carbonyl (C=O) groups is 1. The van der Waals surface area contributed by atoms with E-state index in [1.807, 2.05) is 19.1 Å². The molecule has 0 amide bonds. The summed E-state index contributed by atoms with van der Waals surface area (Å²) in [6, 6.07) is 3.83. The van der Waals surface area contributed by atoms with E-state index in [9.17, 15) is 4.79 Å². The Morgan fingerprint density at radius 3 is 2.00 bits per heavy atom. The number of H-pyrrole nitrogens is 1. The van der Waals surface area contributed by atoms with E-state index in [1.54, 1.807) is 0 Å². The number of aromatic amines is 1. The van der Waals surface area contributed by atoms with E-state index in [-0.39, 0.29) is 5.97 Å². The Balaban J connectivity index is 1.96. The minimum atomic E-state index is -0.252. The van der Waals surface area contributed by atoms with E-state index in [2.05, 4.69) is 11.9 Å². The van der Waals surface area contributed by atoms with Crippen LogP contribution in [0.25, 0.3) is 0 Å². The highest BCUT2D eigenvalue weighted by Gasteiger charge is 2.08. The Hall–Kier alpha value is -1.25. The molecule has 0 bridgehead atoms. The maximum atomic E-state index is 11.6. The molecule has 1 heterocycles. The Morgan fingerprint density at radius 1 is 0.870 bits per heavy atom. The van der Waals surface area contributed by atoms with Gasteiger partial charge in [0.25, 0.3) is 0 Å². The summed E-state index contributed by atoms with van der Waals surface area (Å²) in [5.74, 6) is -0.252. The van der Waals surface area contributed by atoms with Gasteiger partial charge in [-0.15, -0.1) is 0 Å². The quantitative estimate of drug-likeness (QED) is 0.335. The summed E-state index contributed by atoms with van der Waals surface area (Å²) in [4.78, 5) is 14.7. The molecular weight excluding hydrogens is 286 g/mol. The van der Waals surface area contributed by atoms with E-state index in [4.69, 9.17) is 4.74 Å².